The quantitative estimate of drug-likeness (QED) is 0.376. The van der Waals surface area contributed by atoms with Gasteiger partial charge in [0.25, 0.3) is 10.2 Å². The van der Waals surface area contributed by atoms with E-state index < -0.39 is 28.8 Å². The summed E-state index contributed by atoms with van der Waals surface area (Å²) in [4.78, 5) is 16.2. The Hall–Kier alpha value is -3.21. The molecule has 3 rings (SSSR count). The van der Waals surface area contributed by atoms with Crippen molar-refractivity contribution < 1.29 is 27.5 Å². The largest absolute Gasteiger partial charge is 0.487 e. The van der Waals surface area contributed by atoms with Crippen LogP contribution >= 0.6 is 0 Å². The second-order valence-electron chi connectivity index (χ2n) is 8.42. The Morgan fingerprint density at radius 2 is 1.72 bits per heavy atom. The van der Waals surface area contributed by atoms with Gasteiger partial charge < -0.3 is 14.3 Å². The Morgan fingerprint density at radius 1 is 1.08 bits per heavy atom. The summed E-state index contributed by atoms with van der Waals surface area (Å²) in [7, 11) is -4.02. The lowest BCUT2D eigenvalue weighted by molar-refractivity contribution is -0.137. The van der Waals surface area contributed by atoms with Crippen LogP contribution in [0.4, 0.5) is 0 Å². The highest BCUT2D eigenvalue weighted by Crippen LogP contribution is 2.32. The van der Waals surface area contributed by atoms with Gasteiger partial charge in [-0.1, -0.05) is 49.7 Å². The zero-order valence-electron chi connectivity index (χ0n) is 21.3. The van der Waals surface area contributed by atoms with Crippen LogP contribution in [0.5, 0.6) is 5.75 Å². The average molecular weight is 516 g/mol. The topological polar surface area (TPSA) is 113 Å². The van der Waals surface area contributed by atoms with Gasteiger partial charge in [-0.05, 0) is 39.0 Å². The van der Waals surface area contributed by atoms with Crippen molar-refractivity contribution in [1.82, 2.24) is 13.6 Å². The third-order valence-electron chi connectivity index (χ3n) is 5.98. The van der Waals surface area contributed by atoms with E-state index in [1.165, 1.54) is 4.31 Å². The summed E-state index contributed by atoms with van der Waals surface area (Å²) in [5.41, 5.74) is 3.16. The summed E-state index contributed by atoms with van der Waals surface area (Å²) in [5, 5.41) is 9.46. The fourth-order valence-corrected chi connectivity index (χ4v) is 5.63. The fourth-order valence-electron chi connectivity index (χ4n) is 3.89. The monoisotopic (exact) mass is 515 g/mol. The lowest BCUT2D eigenvalue weighted by Gasteiger charge is -2.32. The molecule has 0 saturated heterocycles. The summed E-state index contributed by atoms with van der Waals surface area (Å²) < 4.78 is 40.7. The number of carbonyl (C=O) groups is 1. The number of carboxylic acid groups (broad SMARTS) is 1. The number of carboxylic acids is 1. The second kappa shape index (κ2) is 11.7. The molecular weight excluding hydrogens is 482 g/mol. The third kappa shape index (κ3) is 6.13. The summed E-state index contributed by atoms with van der Waals surface area (Å²) in [5.74, 6) is 0.311. The number of aliphatic carboxylic acids is 1. The molecule has 0 bridgehead atoms. The summed E-state index contributed by atoms with van der Waals surface area (Å²) in [6, 6.07) is 14.1. The molecule has 10 heteroatoms. The van der Waals surface area contributed by atoms with E-state index in [-0.39, 0.29) is 19.7 Å². The van der Waals surface area contributed by atoms with Crippen LogP contribution in [0.3, 0.4) is 0 Å². The Morgan fingerprint density at radius 3 is 2.33 bits per heavy atom. The number of para-hydroxylation sites is 1. The number of aryl methyl sites for hydroxylation is 2. The molecule has 194 valence electrons. The number of benzene rings is 2. The third-order valence-corrected chi connectivity index (χ3v) is 8.18. The molecule has 0 amide bonds. The predicted molar refractivity (Wildman–Crippen MR) is 137 cm³/mol. The first kappa shape index (κ1) is 27.4. The van der Waals surface area contributed by atoms with Gasteiger partial charge in [-0.15, -0.1) is 0 Å². The number of ether oxygens (including phenoxy) is 1. The van der Waals surface area contributed by atoms with Crippen molar-refractivity contribution in [3.63, 3.8) is 0 Å². The summed E-state index contributed by atoms with van der Waals surface area (Å²) >= 11 is 0. The molecule has 1 N–H and O–H groups in total. The number of hydrogen-bond acceptors (Lipinski definition) is 6. The molecule has 0 saturated carbocycles. The van der Waals surface area contributed by atoms with Gasteiger partial charge in [0.05, 0.1) is 6.04 Å². The minimum Gasteiger partial charge on any atom is -0.487 e. The van der Waals surface area contributed by atoms with E-state index in [0.29, 0.717) is 28.7 Å². The molecule has 0 fully saturated rings. The van der Waals surface area contributed by atoms with Gasteiger partial charge in [0.2, 0.25) is 5.89 Å². The molecule has 9 nitrogen and oxygen atoms in total. The average Bonchev–Trinajstić information content (AvgIpc) is 3.22. The number of hydrogen-bond donors (Lipinski definition) is 1. The molecule has 0 aliphatic heterocycles. The molecule has 36 heavy (non-hydrogen) atoms. The molecule has 2 aromatic carbocycles. The highest BCUT2D eigenvalue weighted by molar-refractivity contribution is 7.86. The molecule has 1 aromatic heterocycles. The SMILES string of the molecule is CCN(CC)S(=O)(=O)N(CC(=O)O)C(C)c1ccccc1OCc1nc(-c2ccc(C)cc2)oc1C. The molecule has 1 atom stereocenters. The van der Waals surface area contributed by atoms with Crippen molar-refractivity contribution >= 4 is 16.2 Å². The van der Waals surface area contributed by atoms with E-state index in [1.807, 2.05) is 38.1 Å². The van der Waals surface area contributed by atoms with Crippen LogP contribution in [-0.4, -0.2) is 52.7 Å². The molecule has 0 radical (unpaired) electrons. The standard InChI is InChI=1S/C26H33N3O6S/c1-6-28(7-2)36(32,33)29(16-25(30)31)19(4)22-10-8-9-11-24(22)34-17-23-20(5)35-26(27-23)21-14-12-18(3)13-15-21/h8-15,19H,6-7,16-17H2,1-5H3,(H,30,31). The zero-order chi connectivity index (χ0) is 26.5. The van der Waals surface area contributed by atoms with Crippen LogP contribution in [0.1, 0.15) is 49.4 Å². The van der Waals surface area contributed by atoms with Gasteiger partial charge >= 0.3 is 5.97 Å². The zero-order valence-corrected chi connectivity index (χ0v) is 22.1. The van der Waals surface area contributed by atoms with Crippen molar-refractivity contribution in [2.24, 2.45) is 0 Å². The van der Waals surface area contributed by atoms with Crippen molar-refractivity contribution in [3.8, 4) is 17.2 Å². The maximum Gasteiger partial charge on any atom is 0.318 e. The van der Waals surface area contributed by atoms with Crippen molar-refractivity contribution in [1.29, 1.82) is 0 Å². The van der Waals surface area contributed by atoms with Gasteiger partial charge in [-0.2, -0.15) is 17.0 Å². The predicted octanol–water partition coefficient (Wildman–Crippen LogP) is 4.57. The van der Waals surface area contributed by atoms with Gasteiger partial charge in [0, 0.05) is 24.2 Å². The maximum atomic E-state index is 13.3. The van der Waals surface area contributed by atoms with Crippen LogP contribution in [0, 0.1) is 13.8 Å². The van der Waals surface area contributed by atoms with Crippen LogP contribution in [0.25, 0.3) is 11.5 Å². The fraction of sp³-hybridized carbons (Fsp3) is 0.385. The van der Waals surface area contributed by atoms with E-state index >= 15 is 0 Å². The minimum atomic E-state index is -4.02. The highest BCUT2D eigenvalue weighted by atomic mass is 32.2. The van der Waals surface area contributed by atoms with E-state index in [4.69, 9.17) is 9.15 Å². The smallest absolute Gasteiger partial charge is 0.318 e. The van der Waals surface area contributed by atoms with Gasteiger partial charge in [-0.3, -0.25) is 4.79 Å². The Kier molecular flexibility index (Phi) is 8.89. The summed E-state index contributed by atoms with van der Waals surface area (Å²) in [6.07, 6.45) is 0. The normalized spacial score (nSPS) is 12.8. The highest BCUT2D eigenvalue weighted by Gasteiger charge is 2.35. The van der Waals surface area contributed by atoms with E-state index in [9.17, 15) is 18.3 Å². The van der Waals surface area contributed by atoms with E-state index in [1.54, 1.807) is 45.0 Å². The van der Waals surface area contributed by atoms with Crippen LogP contribution in [0.2, 0.25) is 0 Å². The lowest BCUT2D eigenvalue weighted by Crippen LogP contribution is -2.46. The maximum absolute atomic E-state index is 13.3. The van der Waals surface area contributed by atoms with Crippen molar-refractivity contribution in [2.45, 2.75) is 47.3 Å². The van der Waals surface area contributed by atoms with Crippen LogP contribution in [0.15, 0.2) is 52.9 Å². The van der Waals surface area contributed by atoms with Gasteiger partial charge in [0.1, 0.15) is 30.4 Å². The van der Waals surface area contributed by atoms with Crippen molar-refractivity contribution in [2.75, 3.05) is 19.6 Å². The van der Waals surface area contributed by atoms with Gasteiger partial charge in [-0.25, -0.2) is 4.98 Å². The molecule has 0 aliphatic carbocycles. The number of oxazole rings is 1. The number of rotatable bonds is 12. The summed E-state index contributed by atoms with van der Waals surface area (Å²) in [6.45, 7) is 8.80. The Balaban J connectivity index is 1.87. The molecule has 1 heterocycles. The van der Waals surface area contributed by atoms with Crippen LogP contribution in [-0.2, 0) is 21.6 Å². The van der Waals surface area contributed by atoms with E-state index in [2.05, 4.69) is 4.98 Å². The number of aromatic nitrogens is 1. The van der Waals surface area contributed by atoms with Crippen LogP contribution < -0.4 is 4.74 Å². The lowest BCUT2D eigenvalue weighted by atomic mass is 10.1. The first-order valence-corrected chi connectivity index (χ1v) is 13.2. The first-order chi connectivity index (χ1) is 17.1. The minimum absolute atomic E-state index is 0.104. The van der Waals surface area contributed by atoms with E-state index in [0.717, 1.165) is 15.4 Å². The number of nitrogens with zero attached hydrogens (tertiary/aromatic N) is 3. The van der Waals surface area contributed by atoms with Gasteiger partial charge in [0.15, 0.2) is 0 Å². The first-order valence-electron chi connectivity index (χ1n) is 11.8. The molecular formula is C26H33N3O6S. The molecule has 3 aromatic rings. The molecule has 0 spiro atoms. The van der Waals surface area contributed by atoms with Crippen molar-refractivity contribution in [3.05, 3.63) is 71.1 Å². The Labute approximate surface area is 212 Å². The molecule has 0 aliphatic rings. The Bertz CT molecular complexity index is 1280. The second-order valence-corrected chi connectivity index (χ2v) is 10.3. The molecule has 1 unspecified atom stereocenters.